The number of fused-ring (bicyclic) bond motifs is 1. The summed E-state index contributed by atoms with van der Waals surface area (Å²) in [6, 6.07) is 4.09. The number of aliphatic carboxylic acids is 1. The monoisotopic (exact) mass is 314 g/mol. The number of hydrogen-bond acceptors (Lipinski definition) is 2. The van der Waals surface area contributed by atoms with Gasteiger partial charge in [-0.3, -0.25) is 4.79 Å². The van der Waals surface area contributed by atoms with E-state index in [4.69, 9.17) is 28.3 Å². The molecule has 106 valence electrons. The predicted molar refractivity (Wildman–Crippen MR) is 77.2 cm³/mol. The van der Waals surface area contributed by atoms with Crippen molar-refractivity contribution in [2.75, 3.05) is 0 Å². The fraction of sp³-hybridized carbons (Fsp3) is 0.231. The molecule has 1 amide bonds. The number of carboxylic acid groups (broad SMARTS) is 1. The van der Waals surface area contributed by atoms with E-state index in [1.54, 1.807) is 29.0 Å². The fourth-order valence-corrected chi connectivity index (χ4v) is 2.55. The predicted octanol–water partition coefficient (Wildman–Crippen LogP) is 2.54. The summed E-state index contributed by atoms with van der Waals surface area (Å²) in [5.74, 6) is -1.50. The highest BCUT2D eigenvalue weighted by molar-refractivity contribution is 6.38. The lowest BCUT2D eigenvalue weighted by Crippen LogP contribution is -2.42. The Morgan fingerprint density at radius 3 is 2.70 bits per heavy atom. The van der Waals surface area contributed by atoms with E-state index in [2.05, 4.69) is 5.32 Å². The molecule has 5 nitrogen and oxygen atoms in total. The third kappa shape index (κ3) is 3.05. The van der Waals surface area contributed by atoms with Gasteiger partial charge < -0.3 is 15.0 Å². The average molecular weight is 315 g/mol. The second-order valence-corrected chi connectivity index (χ2v) is 5.22. The fourth-order valence-electron chi connectivity index (χ4n) is 2.01. The van der Waals surface area contributed by atoms with Gasteiger partial charge in [0.1, 0.15) is 6.04 Å². The number of hydrogen-bond donors (Lipinski definition) is 2. The molecule has 0 aliphatic carbocycles. The van der Waals surface area contributed by atoms with Gasteiger partial charge >= 0.3 is 5.97 Å². The Balaban J connectivity index is 2.37. The lowest BCUT2D eigenvalue weighted by atomic mass is 10.2. The molecule has 0 saturated heterocycles. The molecular weight excluding hydrogens is 303 g/mol. The van der Waals surface area contributed by atoms with Crippen molar-refractivity contribution in [2.45, 2.75) is 19.5 Å². The van der Waals surface area contributed by atoms with Crippen LogP contribution in [0.1, 0.15) is 6.92 Å². The molecule has 0 aliphatic heterocycles. The largest absolute Gasteiger partial charge is 0.480 e. The number of carbonyl (C=O) groups is 2. The van der Waals surface area contributed by atoms with Gasteiger partial charge in [0.2, 0.25) is 5.91 Å². The van der Waals surface area contributed by atoms with Crippen LogP contribution in [0.3, 0.4) is 0 Å². The van der Waals surface area contributed by atoms with Crippen LogP contribution in [0.4, 0.5) is 0 Å². The topological polar surface area (TPSA) is 71.3 Å². The van der Waals surface area contributed by atoms with Gasteiger partial charge in [0.25, 0.3) is 0 Å². The molecule has 1 aromatic carbocycles. The van der Waals surface area contributed by atoms with Crippen molar-refractivity contribution < 1.29 is 14.7 Å². The molecule has 7 heteroatoms. The van der Waals surface area contributed by atoms with Crippen LogP contribution < -0.4 is 5.32 Å². The summed E-state index contributed by atoms with van der Waals surface area (Å²) >= 11 is 12.0. The number of nitrogens with one attached hydrogen (secondary N) is 1. The quantitative estimate of drug-likeness (QED) is 0.911. The molecule has 1 unspecified atom stereocenters. The first-order chi connectivity index (χ1) is 9.38. The van der Waals surface area contributed by atoms with Crippen LogP contribution in [0.15, 0.2) is 24.4 Å². The van der Waals surface area contributed by atoms with Crippen molar-refractivity contribution in [3.8, 4) is 0 Å². The summed E-state index contributed by atoms with van der Waals surface area (Å²) in [6.45, 7) is 1.37. The molecule has 2 N–H and O–H groups in total. The third-order valence-corrected chi connectivity index (χ3v) is 3.39. The molecule has 1 heterocycles. The zero-order chi connectivity index (χ0) is 14.9. The van der Waals surface area contributed by atoms with Gasteiger partial charge in [0.15, 0.2) is 0 Å². The zero-order valence-electron chi connectivity index (χ0n) is 10.6. The number of carboxylic acids is 1. The van der Waals surface area contributed by atoms with Crippen molar-refractivity contribution in [1.29, 1.82) is 0 Å². The number of carbonyl (C=O) groups excluding carboxylic acids is 1. The van der Waals surface area contributed by atoms with Gasteiger partial charge in [-0.05, 0) is 18.2 Å². The maximum atomic E-state index is 11.2. The lowest BCUT2D eigenvalue weighted by Gasteiger charge is -2.15. The van der Waals surface area contributed by atoms with Gasteiger partial charge in [-0.2, -0.15) is 0 Å². The molecule has 1 aromatic heterocycles. The molecule has 0 bridgehead atoms. The Kier molecular flexibility index (Phi) is 4.20. The highest BCUT2D eigenvalue weighted by Crippen LogP contribution is 2.28. The van der Waals surface area contributed by atoms with Crippen LogP contribution in [0.2, 0.25) is 10.0 Å². The number of nitrogens with zero attached hydrogens (tertiary/aromatic N) is 1. The highest BCUT2D eigenvalue weighted by Gasteiger charge is 2.20. The number of aromatic nitrogens is 1. The van der Waals surface area contributed by atoms with E-state index < -0.39 is 17.9 Å². The molecule has 2 aromatic rings. The summed E-state index contributed by atoms with van der Waals surface area (Å²) in [6.07, 6.45) is 1.71. The lowest BCUT2D eigenvalue weighted by molar-refractivity contribution is -0.141. The van der Waals surface area contributed by atoms with Crippen molar-refractivity contribution in [3.05, 3.63) is 34.4 Å². The second kappa shape index (κ2) is 5.73. The van der Waals surface area contributed by atoms with Crippen LogP contribution in [-0.4, -0.2) is 27.6 Å². The van der Waals surface area contributed by atoms with Crippen LogP contribution in [0, 0.1) is 0 Å². The summed E-state index contributed by atoms with van der Waals surface area (Å²) in [4.78, 5) is 22.2. The molecule has 0 fully saturated rings. The Hall–Kier alpha value is -1.72. The minimum absolute atomic E-state index is 0.0923. The maximum absolute atomic E-state index is 11.2. The van der Waals surface area contributed by atoms with Crippen LogP contribution in [0.25, 0.3) is 10.9 Å². The average Bonchev–Trinajstić information content (AvgIpc) is 2.71. The molecule has 0 saturated carbocycles. The molecule has 1 atom stereocenters. The summed E-state index contributed by atoms with van der Waals surface area (Å²) in [5.41, 5.74) is 0.721. The first-order valence-corrected chi connectivity index (χ1v) is 6.58. The molecule has 0 spiro atoms. The normalized spacial score (nSPS) is 12.3. The van der Waals surface area contributed by atoms with E-state index >= 15 is 0 Å². The summed E-state index contributed by atoms with van der Waals surface area (Å²) in [5, 5.41) is 13.3. The minimum atomic E-state index is -1.10. The Morgan fingerprint density at radius 2 is 2.10 bits per heavy atom. The van der Waals surface area contributed by atoms with Crippen LogP contribution in [0.5, 0.6) is 0 Å². The highest BCUT2D eigenvalue weighted by atomic mass is 35.5. The van der Waals surface area contributed by atoms with E-state index in [1.165, 1.54) is 6.92 Å². The minimum Gasteiger partial charge on any atom is -0.480 e. The third-order valence-electron chi connectivity index (χ3n) is 2.86. The number of benzene rings is 1. The van der Waals surface area contributed by atoms with Crippen molar-refractivity contribution in [2.24, 2.45) is 0 Å². The van der Waals surface area contributed by atoms with Crippen LogP contribution in [-0.2, 0) is 16.1 Å². The second-order valence-electron chi connectivity index (χ2n) is 4.38. The summed E-state index contributed by atoms with van der Waals surface area (Å²) in [7, 11) is 0. The first kappa shape index (κ1) is 14.7. The number of rotatable bonds is 4. The van der Waals surface area contributed by atoms with E-state index in [0.29, 0.717) is 10.0 Å². The van der Waals surface area contributed by atoms with Gasteiger partial charge in [0, 0.05) is 23.5 Å². The summed E-state index contributed by atoms with van der Waals surface area (Å²) < 4.78 is 1.70. The molecular formula is C13H12Cl2N2O3. The SMILES string of the molecule is CC(=O)NC(Cn1ccc2c(Cl)cc(Cl)cc21)C(=O)O. The number of amides is 1. The van der Waals surface area contributed by atoms with E-state index in [-0.39, 0.29) is 6.54 Å². The van der Waals surface area contributed by atoms with Gasteiger partial charge in [-0.15, -0.1) is 0 Å². The molecule has 2 rings (SSSR count). The van der Waals surface area contributed by atoms with E-state index in [0.717, 1.165) is 10.9 Å². The van der Waals surface area contributed by atoms with E-state index in [9.17, 15) is 9.59 Å². The van der Waals surface area contributed by atoms with Crippen molar-refractivity contribution in [1.82, 2.24) is 9.88 Å². The Morgan fingerprint density at radius 1 is 1.40 bits per heavy atom. The van der Waals surface area contributed by atoms with Crippen molar-refractivity contribution >= 4 is 46.0 Å². The zero-order valence-corrected chi connectivity index (χ0v) is 12.1. The van der Waals surface area contributed by atoms with Gasteiger partial charge in [-0.1, -0.05) is 23.2 Å². The molecule has 20 heavy (non-hydrogen) atoms. The van der Waals surface area contributed by atoms with Gasteiger partial charge in [0.05, 0.1) is 17.1 Å². The standard InChI is InChI=1S/C13H12Cl2N2O3/c1-7(18)16-11(13(19)20)6-17-3-2-9-10(15)4-8(14)5-12(9)17/h2-5,11H,6H2,1H3,(H,16,18)(H,19,20). The molecule has 0 aliphatic rings. The Labute approximate surface area is 125 Å². The number of halogens is 2. The first-order valence-electron chi connectivity index (χ1n) is 5.82. The smallest absolute Gasteiger partial charge is 0.328 e. The van der Waals surface area contributed by atoms with Crippen molar-refractivity contribution in [3.63, 3.8) is 0 Å². The van der Waals surface area contributed by atoms with Crippen LogP contribution >= 0.6 is 23.2 Å². The maximum Gasteiger partial charge on any atom is 0.328 e. The van der Waals surface area contributed by atoms with Gasteiger partial charge in [-0.25, -0.2) is 4.79 Å². The van der Waals surface area contributed by atoms with E-state index in [1.807, 2.05) is 0 Å². The molecule has 0 radical (unpaired) electrons. The Bertz CT molecular complexity index is 682.